The van der Waals surface area contributed by atoms with Crippen LogP contribution in [0, 0.1) is 0 Å². The molecule has 1 heterocycles. The van der Waals surface area contributed by atoms with Crippen molar-refractivity contribution in [3.63, 3.8) is 0 Å². The molecule has 1 aromatic heterocycles. The summed E-state index contributed by atoms with van der Waals surface area (Å²) in [6.07, 6.45) is 1.59. The number of benzene rings is 2. The predicted octanol–water partition coefficient (Wildman–Crippen LogP) is 4.45. The highest BCUT2D eigenvalue weighted by Gasteiger charge is 2.20. The van der Waals surface area contributed by atoms with E-state index in [-0.39, 0.29) is 11.9 Å². The number of halogens is 1. The second-order valence-corrected chi connectivity index (χ2v) is 5.28. The van der Waals surface area contributed by atoms with Gasteiger partial charge in [0.2, 0.25) is 0 Å². The first kappa shape index (κ1) is 14.4. The van der Waals surface area contributed by atoms with E-state index in [1.807, 2.05) is 36.4 Å². The maximum Gasteiger partial charge on any atom is 0.252 e. The lowest BCUT2D eigenvalue weighted by Gasteiger charge is -2.17. The standard InChI is InChI=1S/C18H14ClNO2/c19-15-9-4-8-14(12-15)18(21)20-17(16-10-5-11-22-16)13-6-2-1-3-7-13/h1-12,17H,(H,20,21)/t17-/m1/s1. The number of furan rings is 1. The van der Waals surface area contributed by atoms with Gasteiger partial charge in [-0.15, -0.1) is 0 Å². The summed E-state index contributed by atoms with van der Waals surface area (Å²) in [5, 5.41) is 3.52. The number of carbonyl (C=O) groups excluding carboxylic acids is 1. The fraction of sp³-hybridized carbons (Fsp3) is 0.0556. The van der Waals surface area contributed by atoms with Gasteiger partial charge in [-0.25, -0.2) is 0 Å². The molecule has 0 aliphatic carbocycles. The van der Waals surface area contributed by atoms with Gasteiger partial charge in [0, 0.05) is 10.6 Å². The first-order chi connectivity index (χ1) is 10.7. The minimum Gasteiger partial charge on any atom is -0.467 e. The van der Waals surface area contributed by atoms with E-state index in [2.05, 4.69) is 5.32 Å². The second kappa shape index (κ2) is 6.50. The Morgan fingerprint density at radius 1 is 1.00 bits per heavy atom. The summed E-state index contributed by atoms with van der Waals surface area (Å²) in [5.74, 6) is 0.481. The normalized spacial score (nSPS) is 11.9. The summed E-state index contributed by atoms with van der Waals surface area (Å²) in [7, 11) is 0. The SMILES string of the molecule is O=C(N[C@H](c1ccccc1)c1ccco1)c1cccc(Cl)c1. The summed E-state index contributed by atoms with van der Waals surface area (Å²) in [6, 6.07) is 19.8. The summed E-state index contributed by atoms with van der Waals surface area (Å²) in [5.41, 5.74) is 1.47. The van der Waals surface area contributed by atoms with Gasteiger partial charge in [0.1, 0.15) is 11.8 Å². The van der Waals surface area contributed by atoms with Crippen molar-refractivity contribution in [1.29, 1.82) is 0 Å². The minimum atomic E-state index is -0.345. The molecule has 3 rings (SSSR count). The number of hydrogen-bond donors (Lipinski definition) is 1. The molecule has 110 valence electrons. The quantitative estimate of drug-likeness (QED) is 0.773. The first-order valence-electron chi connectivity index (χ1n) is 6.89. The highest BCUT2D eigenvalue weighted by Crippen LogP contribution is 2.23. The zero-order valence-corrected chi connectivity index (χ0v) is 12.5. The fourth-order valence-electron chi connectivity index (χ4n) is 2.26. The maximum atomic E-state index is 12.5. The van der Waals surface area contributed by atoms with Crippen molar-refractivity contribution in [2.24, 2.45) is 0 Å². The number of amides is 1. The third-order valence-electron chi connectivity index (χ3n) is 3.32. The lowest BCUT2D eigenvalue weighted by Crippen LogP contribution is -2.29. The third-order valence-corrected chi connectivity index (χ3v) is 3.56. The zero-order chi connectivity index (χ0) is 15.4. The Hall–Kier alpha value is -2.52. The Morgan fingerprint density at radius 2 is 1.82 bits per heavy atom. The molecule has 0 radical (unpaired) electrons. The largest absolute Gasteiger partial charge is 0.467 e. The Kier molecular flexibility index (Phi) is 4.26. The van der Waals surface area contributed by atoms with Gasteiger partial charge in [-0.3, -0.25) is 4.79 Å². The van der Waals surface area contributed by atoms with Crippen LogP contribution in [0.5, 0.6) is 0 Å². The molecule has 22 heavy (non-hydrogen) atoms. The molecule has 1 amide bonds. The van der Waals surface area contributed by atoms with Crippen molar-refractivity contribution in [1.82, 2.24) is 5.32 Å². The molecule has 4 heteroatoms. The van der Waals surface area contributed by atoms with Gasteiger partial charge in [-0.1, -0.05) is 48.0 Å². The molecule has 0 unspecified atom stereocenters. The van der Waals surface area contributed by atoms with Crippen molar-refractivity contribution < 1.29 is 9.21 Å². The zero-order valence-electron chi connectivity index (χ0n) is 11.7. The number of carbonyl (C=O) groups is 1. The van der Waals surface area contributed by atoms with Crippen LogP contribution in [-0.2, 0) is 0 Å². The molecule has 0 saturated carbocycles. The molecular weight excluding hydrogens is 298 g/mol. The summed E-state index contributed by atoms with van der Waals surface area (Å²) in [4.78, 5) is 12.5. The van der Waals surface area contributed by atoms with Crippen LogP contribution in [0.3, 0.4) is 0 Å². The molecule has 3 aromatic rings. The van der Waals surface area contributed by atoms with Crippen LogP contribution in [0.25, 0.3) is 0 Å². The van der Waals surface area contributed by atoms with E-state index in [0.29, 0.717) is 16.3 Å². The number of hydrogen-bond acceptors (Lipinski definition) is 2. The average Bonchev–Trinajstić information content (AvgIpc) is 3.07. The van der Waals surface area contributed by atoms with Crippen LogP contribution in [-0.4, -0.2) is 5.91 Å². The topological polar surface area (TPSA) is 42.2 Å². The Balaban J connectivity index is 1.89. The van der Waals surface area contributed by atoms with Gasteiger partial charge in [-0.2, -0.15) is 0 Å². The highest BCUT2D eigenvalue weighted by atomic mass is 35.5. The molecule has 0 saturated heterocycles. The molecule has 3 nitrogen and oxygen atoms in total. The van der Waals surface area contributed by atoms with Crippen LogP contribution in [0.4, 0.5) is 0 Å². The molecular formula is C18H14ClNO2. The second-order valence-electron chi connectivity index (χ2n) is 4.84. The lowest BCUT2D eigenvalue weighted by atomic mass is 10.0. The van der Waals surface area contributed by atoms with Crippen LogP contribution < -0.4 is 5.32 Å². The number of nitrogens with one attached hydrogen (secondary N) is 1. The monoisotopic (exact) mass is 311 g/mol. The minimum absolute atomic E-state index is 0.201. The molecule has 0 spiro atoms. The first-order valence-corrected chi connectivity index (χ1v) is 7.26. The highest BCUT2D eigenvalue weighted by molar-refractivity contribution is 6.30. The van der Waals surface area contributed by atoms with Crippen LogP contribution in [0.1, 0.15) is 27.7 Å². The van der Waals surface area contributed by atoms with Crippen molar-refractivity contribution in [2.75, 3.05) is 0 Å². The smallest absolute Gasteiger partial charge is 0.252 e. The van der Waals surface area contributed by atoms with E-state index in [4.69, 9.17) is 16.0 Å². The van der Waals surface area contributed by atoms with Gasteiger partial charge in [0.25, 0.3) is 5.91 Å². The van der Waals surface area contributed by atoms with Crippen molar-refractivity contribution in [2.45, 2.75) is 6.04 Å². The number of rotatable bonds is 4. The molecule has 1 atom stereocenters. The van der Waals surface area contributed by atoms with Crippen LogP contribution in [0.15, 0.2) is 77.4 Å². The average molecular weight is 312 g/mol. The van der Waals surface area contributed by atoms with Crippen molar-refractivity contribution in [3.05, 3.63) is 94.9 Å². The van der Waals surface area contributed by atoms with Crippen molar-refractivity contribution >= 4 is 17.5 Å². The Morgan fingerprint density at radius 3 is 2.50 bits per heavy atom. The van der Waals surface area contributed by atoms with E-state index >= 15 is 0 Å². The van der Waals surface area contributed by atoms with Crippen molar-refractivity contribution in [3.8, 4) is 0 Å². The van der Waals surface area contributed by atoms with Gasteiger partial charge in [0.05, 0.1) is 6.26 Å². The summed E-state index contributed by atoms with van der Waals surface area (Å²) < 4.78 is 5.47. The van der Waals surface area contributed by atoms with Gasteiger partial charge < -0.3 is 9.73 Å². The van der Waals surface area contributed by atoms with Gasteiger partial charge in [0.15, 0.2) is 0 Å². The molecule has 0 aliphatic rings. The third kappa shape index (κ3) is 3.21. The van der Waals surface area contributed by atoms with Gasteiger partial charge in [-0.05, 0) is 35.9 Å². The maximum absolute atomic E-state index is 12.5. The summed E-state index contributed by atoms with van der Waals surface area (Å²) >= 11 is 5.94. The van der Waals surface area contributed by atoms with Crippen LogP contribution in [0.2, 0.25) is 5.02 Å². The molecule has 2 aromatic carbocycles. The van der Waals surface area contributed by atoms with E-state index in [1.165, 1.54) is 0 Å². The molecule has 0 aliphatic heterocycles. The van der Waals surface area contributed by atoms with Crippen LogP contribution >= 0.6 is 11.6 Å². The van der Waals surface area contributed by atoms with E-state index in [1.54, 1.807) is 36.6 Å². The Bertz CT molecular complexity index is 754. The molecule has 1 N–H and O–H groups in total. The Labute approximate surface area is 133 Å². The fourth-order valence-corrected chi connectivity index (χ4v) is 2.45. The van der Waals surface area contributed by atoms with E-state index in [9.17, 15) is 4.79 Å². The van der Waals surface area contributed by atoms with E-state index < -0.39 is 0 Å². The lowest BCUT2D eigenvalue weighted by molar-refractivity contribution is 0.0939. The van der Waals surface area contributed by atoms with E-state index in [0.717, 1.165) is 5.56 Å². The molecule has 0 fully saturated rings. The van der Waals surface area contributed by atoms with Gasteiger partial charge >= 0.3 is 0 Å². The summed E-state index contributed by atoms with van der Waals surface area (Å²) in [6.45, 7) is 0. The molecule has 0 bridgehead atoms. The predicted molar refractivity (Wildman–Crippen MR) is 85.9 cm³/mol.